The van der Waals surface area contributed by atoms with E-state index in [4.69, 9.17) is 0 Å². The Morgan fingerprint density at radius 2 is 1.70 bits per heavy atom. The second kappa shape index (κ2) is 8.41. The fourth-order valence-electron chi connectivity index (χ4n) is 3.76. The molecule has 2 aromatic rings. The van der Waals surface area contributed by atoms with Gasteiger partial charge in [-0.1, -0.05) is 80.8 Å². The molecule has 0 N–H and O–H groups in total. The zero-order chi connectivity index (χ0) is 19.4. The molecule has 0 saturated heterocycles. The molecule has 144 valence electrons. The van der Waals surface area contributed by atoms with Crippen molar-refractivity contribution in [2.24, 2.45) is 5.92 Å². The molecule has 1 heterocycles. The van der Waals surface area contributed by atoms with E-state index in [0.717, 1.165) is 36.0 Å². The smallest absolute Gasteiger partial charge is 0.207 e. The quantitative estimate of drug-likeness (QED) is 0.681. The highest BCUT2D eigenvalue weighted by Gasteiger charge is 2.37. The van der Waals surface area contributed by atoms with Crippen molar-refractivity contribution < 1.29 is 8.42 Å². The standard InChI is InChI=1S/C23H29NO2S/c1-4-5-11-23-22(20-9-7-6-8-10-20)16-19(3)17-24(23)27(25,26)21-14-12-18(2)13-15-21/h6-10,12-16,19,23H,4-5,11,17H2,1-3H3/t19-,23+/m1/s1. The molecule has 0 aliphatic carbocycles. The molecule has 2 atom stereocenters. The maximum absolute atomic E-state index is 13.5. The summed E-state index contributed by atoms with van der Waals surface area (Å²) in [6.07, 6.45) is 5.15. The zero-order valence-electron chi connectivity index (χ0n) is 16.4. The number of hydrogen-bond donors (Lipinski definition) is 0. The summed E-state index contributed by atoms with van der Waals surface area (Å²) in [6, 6.07) is 17.3. The Hall–Kier alpha value is -1.91. The van der Waals surface area contributed by atoms with Gasteiger partial charge >= 0.3 is 0 Å². The Balaban J connectivity index is 2.05. The maximum Gasteiger partial charge on any atom is 0.243 e. The molecule has 0 bridgehead atoms. The van der Waals surface area contributed by atoms with Crippen molar-refractivity contribution in [3.05, 3.63) is 71.8 Å². The molecule has 0 radical (unpaired) electrons. The molecule has 1 aliphatic heterocycles. The van der Waals surface area contributed by atoms with Crippen LogP contribution in [0.5, 0.6) is 0 Å². The van der Waals surface area contributed by atoms with Crippen molar-refractivity contribution in [1.82, 2.24) is 4.31 Å². The zero-order valence-corrected chi connectivity index (χ0v) is 17.2. The van der Waals surface area contributed by atoms with Crippen LogP contribution in [0.2, 0.25) is 0 Å². The minimum Gasteiger partial charge on any atom is -0.207 e. The number of aryl methyl sites for hydroxylation is 1. The van der Waals surface area contributed by atoms with E-state index >= 15 is 0 Å². The summed E-state index contributed by atoms with van der Waals surface area (Å²) in [5.74, 6) is 0.179. The third-order valence-corrected chi connectivity index (χ3v) is 7.09. The first-order valence-corrected chi connectivity index (χ1v) is 11.2. The van der Waals surface area contributed by atoms with Gasteiger partial charge in [0, 0.05) is 6.54 Å². The highest BCUT2D eigenvalue weighted by molar-refractivity contribution is 7.89. The largest absolute Gasteiger partial charge is 0.243 e. The Labute approximate surface area is 163 Å². The van der Waals surface area contributed by atoms with E-state index in [-0.39, 0.29) is 12.0 Å². The van der Waals surface area contributed by atoms with Gasteiger partial charge < -0.3 is 0 Å². The summed E-state index contributed by atoms with van der Waals surface area (Å²) in [5, 5.41) is 0. The van der Waals surface area contributed by atoms with Gasteiger partial charge in [0.05, 0.1) is 10.9 Å². The van der Waals surface area contributed by atoms with Crippen LogP contribution < -0.4 is 0 Å². The lowest BCUT2D eigenvalue weighted by Crippen LogP contribution is -2.45. The van der Waals surface area contributed by atoms with Crippen LogP contribution >= 0.6 is 0 Å². The number of benzene rings is 2. The van der Waals surface area contributed by atoms with Crippen LogP contribution in [0.3, 0.4) is 0 Å². The van der Waals surface area contributed by atoms with Gasteiger partial charge in [0.1, 0.15) is 0 Å². The third-order valence-electron chi connectivity index (χ3n) is 5.20. The second-order valence-corrected chi connectivity index (χ2v) is 9.40. The molecule has 0 spiro atoms. The highest BCUT2D eigenvalue weighted by Crippen LogP contribution is 2.35. The summed E-state index contributed by atoms with van der Waals surface area (Å²) in [6.45, 7) is 6.74. The molecule has 3 nitrogen and oxygen atoms in total. The average molecular weight is 384 g/mol. The molecular formula is C23H29NO2S. The molecule has 0 amide bonds. The predicted molar refractivity (Wildman–Crippen MR) is 112 cm³/mol. The Morgan fingerprint density at radius 3 is 2.33 bits per heavy atom. The lowest BCUT2D eigenvalue weighted by molar-refractivity contribution is 0.313. The van der Waals surface area contributed by atoms with E-state index in [1.807, 2.05) is 37.3 Å². The van der Waals surface area contributed by atoms with Gasteiger partial charge in [0.2, 0.25) is 10.0 Å². The van der Waals surface area contributed by atoms with Crippen molar-refractivity contribution in [3.63, 3.8) is 0 Å². The van der Waals surface area contributed by atoms with Crippen LogP contribution in [0, 0.1) is 12.8 Å². The Morgan fingerprint density at radius 1 is 1.04 bits per heavy atom. The lowest BCUT2D eigenvalue weighted by Gasteiger charge is -2.38. The first-order valence-electron chi connectivity index (χ1n) is 9.79. The van der Waals surface area contributed by atoms with Gasteiger partial charge in [-0.2, -0.15) is 4.31 Å². The van der Waals surface area contributed by atoms with Crippen LogP contribution in [0.15, 0.2) is 65.6 Å². The van der Waals surface area contributed by atoms with Gasteiger partial charge in [-0.05, 0) is 42.5 Å². The van der Waals surface area contributed by atoms with Crippen molar-refractivity contribution in [2.45, 2.75) is 51.0 Å². The third kappa shape index (κ3) is 4.33. The summed E-state index contributed by atoms with van der Waals surface area (Å²) >= 11 is 0. The van der Waals surface area contributed by atoms with Crippen LogP contribution in [0.4, 0.5) is 0 Å². The summed E-state index contributed by atoms with van der Waals surface area (Å²) in [4.78, 5) is 0.385. The maximum atomic E-state index is 13.5. The second-order valence-electron chi connectivity index (χ2n) is 7.51. The molecule has 0 unspecified atom stereocenters. The minimum atomic E-state index is -3.54. The monoisotopic (exact) mass is 383 g/mol. The van der Waals surface area contributed by atoms with Crippen LogP contribution in [0.25, 0.3) is 5.57 Å². The summed E-state index contributed by atoms with van der Waals surface area (Å²) in [5.41, 5.74) is 3.32. The van der Waals surface area contributed by atoms with Gasteiger partial charge in [0.15, 0.2) is 0 Å². The van der Waals surface area contributed by atoms with E-state index < -0.39 is 10.0 Å². The number of sulfonamides is 1. The van der Waals surface area contributed by atoms with E-state index in [9.17, 15) is 8.42 Å². The van der Waals surface area contributed by atoms with Crippen molar-refractivity contribution in [1.29, 1.82) is 0 Å². The fourth-order valence-corrected chi connectivity index (χ4v) is 5.50. The Bertz CT molecular complexity index is 886. The minimum absolute atomic E-state index is 0.116. The molecular weight excluding hydrogens is 354 g/mol. The molecule has 0 aromatic heterocycles. The van der Waals surface area contributed by atoms with E-state index in [1.54, 1.807) is 16.4 Å². The molecule has 27 heavy (non-hydrogen) atoms. The number of unbranched alkanes of at least 4 members (excludes halogenated alkanes) is 1. The van der Waals surface area contributed by atoms with Crippen LogP contribution in [0.1, 0.15) is 44.2 Å². The van der Waals surface area contributed by atoms with Gasteiger partial charge in [-0.3, -0.25) is 0 Å². The molecule has 0 fully saturated rings. The summed E-state index contributed by atoms with van der Waals surface area (Å²) < 4.78 is 28.7. The average Bonchev–Trinajstić information content (AvgIpc) is 2.67. The van der Waals surface area contributed by atoms with E-state index in [0.29, 0.717) is 11.4 Å². The first kappa shape index (κ1) is 19.8. The van der Waals surface area contributed by atoms with Gasteiger partial charge in [-0.15, -0.1) is 0 Å². The fraction of sp³-hybridized carbons (Fsp3) is 0.391. The number of rotatable bonds is 6. The topological polar surface area (TPSA) is 37.4 Å². The molecule has 4 heteroatoms. The predicted octanol–water partition coefficient (Wildman–Crippen LogP) is 5.28. The van der Waals surface area contributed by atoms with Crippen molar-refractivity contribution >= 4 is 15.6 Å². The molecule has 2 aromatic carbocycles. The molecule has 1 aliphatic rings. The Kier molecular flexibility index (Phi) is 6.18. The normalized spacial score (nSPS) is 21.1. The number of nitrogens with zero attached hydrogens (tertiary/aromatic N) is 1. The van der Waals surface area contributed by atoms with Crippen molar-refractivity contribution in [2.75, 3.05) is 6.54 Å². The van der Waals surface area contributed by atoms with Gasteiger partial charge in [-0.25, -0.2) is 8.42 Å². The lowest BCUT2D eigenvalue weighted by atomic mass is 9.88. The van der Waals surface area contributed by atoms with Crippen molar-refractivity contribution in [3.8, 4) is 0 Å². The van der Waals surface area contributed by atoms with Gasteiger partial charge in [0.25, 0.3) is 0 Å². The summed E-state index contributed by atoms with van der Waals surface area (Å²) in [7, 11) is -3.54. The molecule has 0 saturated carbocycles. The SMILES string of the molecule is CCCC[C@H]1C(c2ccccc2)=C[C@@H](C)CN1S(=O)(=O)c1ccc(C)cc1. The van der Waals surface area contributed by atoms with Crippen LogP contribution in [-0.2, 0) is 10.0 Å². The highest BCUT2D eigenvalue weighted by atomic mass is 32.2. The van der Waals surface area contributed by atoms with E-state index in [2.05, 4.69) is 32.1 Å². The van der Waals surface area contributed by atoms with E-state index in [1.165, 1.54) is 0 Å². The first-order chi connectivity index (χ1) is 12.9. The molecule has 3 rings (SSSR count). The van der Waals surface area contributed by atoms with Crippen LogP contribution in [-0.4, -0.2) is 25.3 Å². The number of hydrogen-bond acceptors (Lipinski definition) is 2.